The van der Waals surface area contributed by atoms with E-state index in [0.29, 0.717) is 6.07 Å². The lowest BCUT2D eigenvalue weighted by Crippen LogP contribution is -2.32. The van der Waals surface area contributed by atoms with Crippen LogP contribution < -0.4 is 10.5 Å². The third kappa shape index (κ3) is 3.36. The smallest absolute Gasteiger partial charge is 0.236 e. The minimum absolute atomic E-state index is 0.0113. The van der Waals surface area contributed by atoms with E-state index in [-0.39, 0.29) is 16.7 Å². The van der Waals surface area contributed by atoms with Gasteiger partial charge in [0.15, 0.2) is 5.82 Å². The van der Waals surface area contributed by atoms with Crippen molar-refractivity contribution in [2.24, 2.45) is 5.73 Å². The topological polar surface area (TPSA) is 72.2 Å². The second-order valence-electron chi connectivity index (χ2n) is 3.44. The summed E-state index contributed by atoms with van der Waals surface area (Å²) in [6.45, 7) is 1.29. The van der Waals surface area contributed by atoms with Crippen molar-refractivity contribution in [2.45, 2.75) is 12.2 Å². The zero-order valence-electron chi connectivity index (χ0n) is 8.88. The summed E-state index contributed by atoms with van der Waals surface area (Å²) in [5.41, 5.74) is 4.90. The maximum atomic E-state index is 13.4. The third-order valence-corrected chi connectivity index (χ3v) is 4.48. The number of hydrogen-bond acceptors (Lipinski definition) is 3. The van der Waals surface area contributed by atoms with E-state index in [2.05, 4.69) is 15.9 Å². The molecule has 0 radical (unpaired) electrons. The van der Waals surface area contributed by atoms with Crippen LogP contribution in [0.1, 0.15) is 6.92 Å². The molecule has 4 nitrogen and oxygen atoms in total. The highest BCUT2D eigenvalue weighted by Gasteiger charge is 2.22. The Morgan fingerprint density at radius 2 is 2.06 bits per heavy atom. The number of rotatable bonds is 4. The fourth-order valence-electron chi connectivity index (χ4n) is 1.01. The van der Waals surface area contributed by atoms with Crippen LogP contribution in [0.4, 0.5) is 14.5 Å². The van der Waals surface area contributed by atoms with E-state index >= 15 is 0 Å². The maximum Gasteiger partial charge on any atom is 0.236 e. The molecule has 17 heavy (non-hydrogen) atoms. The van der Waals surface area contributed by atoms with Gasteiger partial charge in [-0.3, -0.25) is 4.72 Å². The van der Waals surface area contributed by atoms with Crippen LogP contribution in [0.2, 0.25) is 0 Å². The molecule has 0 saturated heterocycles. The molecular weight excluding hydrogens is 318 g/mol. The van der Waals surface area contributed by atoms with Crippen LogP contribution in [-0.2, 0) is 10.0 Å². The number of nitrogens with one attached hydrogen (secondary N) is 1. The first kappa shape index (κ1) is 14.3. The minimum Gasteiger partial charge on any atom is -0.329 e. The van der Waals surface area contributed by atoms with Crippen LogP contribution in [0.15, 0.2) is 16.6 Å². The van der Waals surface area contributed by atoms with Crippen LogP contribution in [0.5, 0.6) is 0 Å². The molecule has 3 N–H and O–H groups in total. The van der Waals surface area contributed by atoms with Crippen molar-refractivity contribution in [3.63, 3.8) is 0 Å². The van der Waals surface area contributed by atoms with E-state index in [1.165, 1.54) is 6.92 Å². The Balaban J connectivity index is 3.13. The summed E-state index contributed by atoms with van der Waals surface area (Å²) < 4.78 is 51.5. The standard InChI is InChI=1S/C9H11BrF2N2O2S/c1-5(4-13)17(15,16)14-9-7(10)2-6(11)3-8(9)12/h2-3,5,14H,4,13H2,1H3. The van der Waals surface area contributed by atoms with Crippen LogP contribution in [0.3, 0.4) is 0 Å². The minimum atomic E-state index is -3.79. The average molecular weight is 329 g/mol. The largest absolute Gasteiger partial charge is 0.329 e. The van der Waals surface area contributed by atoms with Crippen LogP contribution >= 0.6 is 15.9 Å². The highest BCUT2D eigenvalue weighted by Crippen LogP contribution is 2.28. The zero-order chi connectivity index (χ0) is 13.2. The first-order valence-electron chi connectivity index (χ1n) is 4.64. The molecule has 0 aliphatic heterocycles. The van der Waals surface area contributed by atoms with E-state index in [1.54, 1.807) is 0 Å². The predicted molar refractivity (Wildman–Crippen MR) is 65.1 cm³/mol. The normalized spacial score (nSPS) is 13.5. The van der Waals surface area contributed by atoms with E-state index in [1.807, 2.05) is 4.72 Å². The van der Waals surface area contributed by atoms with Gasteiger partial charge in [-0.15, -0.1) is 0 Å². The fraction of sp³-hybridized carbons (Fsp3) is 0.333. The number of benzene rings is 1. The molecule has 0 aliphatic rings. The number of halogens is 3. The van der Waals surface area contributed by atoms with Crippen molar-refractivity contribution >= 4 is 31.6 Å². The molecule has 1 aromatic carbocycles. The molecule has 0 spiro atoms. The Labute approximate surface area is 106 Å². The molecular formula is C9H11BrF2N2O2S. The first-order valence-corrected chi connectivity index (χ1v) is 6.98. The van der Waals surface area contributed by atoms with E-state index in [0.717, 1.165) is 6.07 Å². The van der Waals surface area contributed by atoms with Crippen molar-refractivity contribution in [1.82, 2.24) is 0 Å². The van der Waals surface area contributed by atoms with Gasteiger partial charge in [0.2, 0.25) is 10.0 Å². The lowest BCUT2D eigenvalue weighted by atomic mass is 10.3. The average Bonchev–Trinajstić information content (AvgIpc) is 2.22. The summed E-state index contributed by atoms with van der Waals surface area (Å²) in [4.78, 5) is 0. The Bertz CT molecular complexity index is 499. The van der Waals surface area contributed by atoms with Gasteiger partial charge in [0, 0.05) is 17.1 Å². The molecule has 0 amide bonds. The highest BCUT2D eigenvalue weighted by molar-refractivity contribution is 9.10. The molecule has 96 valence electrons. The second-order valence-corrected chi connectivity index (χ2v) is 6.39. The van der Waals surface area contributed by atoms with Crippen molar-refractivity contribution in [3.8, 4) is 0 Å². The van der Waals surface area contributed by atoms with E-state index < -0.39 is 26.9 Å². The number of nitrogens with two attached hydrogens (primary N) is 1. The van der Waals surface area contributed by atoms with E-state index in [4.69, 9.17) is 5.73 Å². The quantitative estimate of drug-likeness (QED) is 0.885. The summed E-state index contributed by atoms with van der Waals surface area (Å²) >= 11 is 2.88. The molecule has 1 atom stereocenters. The molecule has 0 saturated carbocycles. The fourth-order valence-corrected chi connectivity index (χ4v) is 2.59. The Hall–Kier alpha value is -0.730. The Kier molecular flexibility index (Phi) is 4.45. The number of sulfonamides is 1. The molecule has 0 heterocycles. The van der Waals surface area contributed by atoms with E-state index in [9.17, 15) is 17.2 Å². The van der Waals surface area contributed by atoms with Crippen molar-refractivity contribution in [2.75, 3.05) is 11.3 Å². The lowest BCUT2D eigenvalue weighted by molar-refractivity contribution is 0.578. The van der Waals surface area contributed by atoms with Crippen LogP contribution in [0, 0.1) is 11.6 Å². The van der Waals surface area contributed by atoms with Crippen LogP contribution in [-0.4, -0.2) is 20.2 Å². The Morgan fingerprint density at radius 3 is 2.53 bits per heavy atom. The molecule has 0 aromatic heterocycles. The SMILES string of the molecule is CC(CN)S(=O)(=O)Nc1c(F)cc(F)cc1Br. The summed E-state index contributed by atoms with van der Waals surface area (Å²) in [6, 6.07) is 1.56. The molecule has 0 bridgehead atoms. The van der Waals surface area contributed by atoms with Gasteiger partial charge in [0.05, 0.1) is 10.9 Å². The van der Waals surface area contributed by atoms with Gasteiger partial charge in [-0.2, -0.15) is 0 Å². The van der Waals surface area contributed by atoms with Gasteiger partial charge in [-0.05, 0) is 28.9 Å². The van der Waals surface area contributed by atoms with Gasteiger partial charge in [-0.25, -0.2) is 17.2 Å². The van der Waals surface area contributed by atoms with Crippen molar-refractivity contribution in [1.29, 1.82) is 0 Å². The Morgan fingerprint density at radius 1 is 1.47 bits per heavy atom. The van der Waals surface area contributed by atoms with Crippen molar-refractivity contribution in [3.05, 3.63) is 28.2 Å². The molecule has 0 fully saturated rings. The van der Waals surface area contributed by atoms with Gasteiger partial charge >= 0.3 is 0 Å². The summed E-state index contributed by atoms with van der Waals surface area (Å²) in [5, 5.41) is -0.876. The third-order valence-electron chi connectivity index (χ3n) is 2.11. The van der Waals surface area contributed by atoms with Crippen LogP contribution in [0.25, 0.3) is 0 Å². The van der Waals surface area contributed by atoms with Gasteiger partial charge < -0.3 is 5.73 Å². The molecule has 1 unspecified atom stereocenters. The number of hydrogen-bond donors (Lipinski definition) is 2. The highest BCUT2D eigenvalue weighted by atomic mass is 79.9. The summed E-state index contributed by atoms with van der Waals surface area (Å²) in [7, 11) is -3.79. The zero-order valence-corrected chi connectivity index (χ0v) is 11.3. The molecule has 8 heteroatoms. The summed E-state index contributed by atoms with van der Waals surface area (Å²) in [6.07, 6.45) is 0. The molecule has 1 rings (SSSR count). The first-order chi connectivity index (χ1) is 7.77. The second kappa shape index (κ2) is 5.28. The lowest BCUT2D eigenvalue weighted by Gasteiger charge is -2.14. The molecule has 1 aromatic rings. The monoisotopic (exact) mass is 328 g/mol. The predicted octanol–water partition coefficient (Wildman–Crippen LogP) is 1.82. The maximum absolute atomic E-state index is 13.4. The van der Waals surface area contributed by atoms with Gasteiger partial charge in [-0.1, -0.05) is 0 Å². The van der Waals surface area contributed by atoms with Crippen molar-refractivity contribution < 1.29 is 17.2 Å². The molecule has 0 aliphatic carbocycles. The van der Waals surface area contributed by atoms with Gasteiger partial charge in [0.1, 0.15) is 5.82 Å². The summed E-state index contributed by atoms with van der Waals surface area (Å²) in [5.74, 6) is -1.80. The van der Waals surface area contributed by atoms with Gasteiger partial charge in [0.25, 0.3) is 0 Å². The number of anilines is 1.